The third kappa shape index (κ3) is 6.10. The molecule has 4 aromatic rings. The summed E-state index contributed by atoms with van der Waals surface area (Å²) in [5, 5.41) is 12.9. The number of nitrogens with zero attached hydrogens (tertiary/aromatic N) is 3. The molecule has 39 heavy (non-hydrogen) atoms. The maximum atomic E-state index is 13.4. The summed E-state index contributed by atoms with van der Waals surface area (Å²) in [5.41, 5.74) is 3.87. The van der Waals surface area contributed by atoms with Gasteiger partial charge in [-0.25, -0.2) is 14.8 Å². The van der Waals surface area contributed by atoms with Crippen LogP contribution in [-0.4, -0.2) is 45.7 Å². The average Bonchev–Trinajstić information content (AvgIpc) is 3.32. The molecule has 2 aromatic heterocycles. The quantitative estimate of drug-likeness (QED) is 0.301. The minimum absolute atomic E-state index is 0.0281. The van der Waals surface area contributed by atoms with Crippen molar-refractivity contribution in [2.45, 2.75) is 52.2 Å². The Morgan fingerprint density at radius 3 is 2.67 bits per heavy atom. The second kappa shape index (κ2) is 11.1. The van der Waals surface area contributed by atoms with E-state index in [-0.39, 0.29) is 18.2 Å². The molecule has 9 heteroatoms. The highest BCUT2D eigenvalue weighted by molar-refractivity contribution is 7.22. The first kappa shape index (κ1) is 26.8. The van der Waals surface area contributed by atoms with E-state index in [1.54, 1.807) is 0 Å². The molecule has 0 saturated carbocycles. The number of hydrogen-bond donors (Lipinski definition) is 2. The van der Waals surface area contributed by atoms with Gasteiger partial charge < -0.3 is 14.7 Å². The summed E-state index contributed by atoms with van der Waals surface area (Å²) in [7, 11) is 0. The number of carbonyl (C=O) groups is 2. The SMILES string of the molecule is CC(C)(C)OC(=O)c1nc(N2CCc3cccc(C(=O)Nc4nc5ccccc5s4)c3C2)ccc1CCCO. The lowest BCUT2D eigenvalue weighted by molar-refractivity contribution is 0.00613. The highest BCUT2D eigenvalue weighted by Crippen LogP contribution is 2.30. The molecule has 8 nitrogen and oxygen atoms in total. The molecule has 1 aliphatic heterocycles. The zero-order chi connectivity index (χ0) is 27.6. The Morgan fingerprint density at radius 2 is 1.90 bits per heavy atom. The van der Waals surface area contributed by atoms with Crippen molar-refractivity contribution in [2.75, 3.05) is 23.4 Å². The van der Waals surface area contributed by atoms with E-state index in [9.17, 15) is 14.7 Å². The number of aliphatic hydroxyl groups excluding tert-OH is 1. The van der Waals surface area contributed by atoms with Crippen LogP contribution in [0.1, 0.15) is 64.7 Å². The molecule has 0 spiro atoms. The van der Waals surface area contributed by atoms with Gasteiger partial charge in [-0.3, -0.25) is 10.1 Å². The average molecular weight is 545 g/mol. The standard InChI is InChI=1S/C30H32N4O4S/c1-30(2,3)38-28(37)26-20(9-7-17-35)13-14-25(32-26)34-16-15-19-8-6-10-21(22(19)18-34)27(36)33-29-31-23-11-4-5-12-24(23)39-29/h4-6,8,10-14,35H,7,9,15-18H2,1-3H3,(H,31,33,36). The maximum Gasteiger partial charge on any atom is 0.357 e. The monoisotopic (exact) mass is 544 g/mol. The highest BCUT2D eigenvalue weighted by atomic mass is 32.1. The minimum Gasteiger partial charge on any atom is -0.455 e. The Labute approximate surface area is 231 Å². The summed E-state index contributed by atoms with van der Waals surface area (Å²) in [6.07, 6.45) is 1.80. The van der Waals surface area contributed by atoms with Crippen molar-refractivity contribution in [1.29, 1.82) is 0 Å². The van der Waals surface area contributed by atoms with Crippen molar-refractivity contribution in [3.63, 3.8) is 0 Å². The number of thiazole rings is 1. The number of rotatable bonds is 7. The molecule has 2 aromatic carbocycles. The van der Waals surface area contributed by atoms with Gasteiger partial charge in [-0.2, -0.15) is 0 Å². The molecule has 0 fully saturated rings. The Kier molecular flexibility index (Phi) is 7.63. The van der Waals surface area contributed by atoms with Crippen LogP contribution in [0.3, 0.4) is 0 Å². The number of esters is 1. The molecule has 0 radical (unpaired) electrons. The number of aryl methyl sites for hydroxylation is 1. The van der Waals surface area contributed by atoms with Crippen molar-refractivity contribution >= 4 is 44.4 Å². The van der Waals surface area contributed by atoms with E-state index < -0.39 is 11.6 Å². The predicted octanol–water partition coefficient (Wildman–Crippen LogP) is 5.39. The Bertz CT molecular complexity index is 1490. The van der Waals surface area contributed by atoms with Crippen molar-refractivity contribution < 1.29 is 19.4 Å². The van der Waals surface area contributed by atoms with Gasteiger partial charge in [-0.15, -0.1) is 0 Å². The maximum absolute atomic E-state index is 13.4. The second-order valence-electron chi connectivity index (χ2n) is 10.6. The molecule has 1 amide bonds. The number of nitrogens with one attached hydrogen (secondary N) is 1. The van der Waals surface area contributed by atoms with Gasteiger partial charge in [0.05, 0.1) is 10.2 Å². The van der Waals surface area contributed by atoms with Gasteiger partial charge >= 0.3 is 5.97 Å². The van der Waals surface area contributed by atoms with Crippen LogP contribution in [0.15, 0.2) is 54.6 Å². The first-order chi connectivity index (χ1) is 18.7. The van der Waals surface area contributed by atoms with Gasteiger partial charge in [0.25, 0.3) is 5.91 Å². The van der Waals surface area contributed by atoms with E-state index in [1.165, 1.54) is 11.3 Å². The van der Waals surface area contributed by atoms with Crippen LogP contribution in [0.2, 0.25) is 0 Å². The Morgan fingerprint density at radius 1 is 1.08 bits per heavy atom. The number of carbonyl (C=O) groups excluding carboxylic acids is 2. The lowest BCUT2D eigenvalue weighted by Gasteiger charge is -2.31. The molecule has 1 aliphatic rings. The number of ether oxygens (including phenoxy) is 1. The van der Waals surface area contributed by atoms with Gasteiger partial charge in [-0.05, 0) is 81.0 Å². The molecule has 0 saturated heterocycles. The largest absolute Gasteiger partial charge is 0.455 e. The Balaban J connectivity index is 1.41. The van der Waals surface area contributed by atoms with Crippen molar-refractivity contribution in [3.8, 4) is 0 Å². The number of pyridine rings is 1. The van der Waals surface area contributed by atoms with Crippen LogP contribution in [0, 0.1) is 0 Å². The molecule has 2 N–H and O–H groups in total. The molecule has 0 atom stereocenters. The van der Waals surface area contributed by atoms with Crippen LogP contribution in [0.25, 0.3) is 10.2 Å². The van der Waals surface area contributed by atoms with Gasteiger partial charge in [0.2, 0.25) is 0 Å². The summed E-state index contributed by atoms with van der Waals surface area (Å²) in [4.78, 5) is 37.8. The van der Waals surface area contributed by atoms with Gasteiger partial charge in [0, 0.05) is 25.3 Å². The van der Waals surface area contributed by atoms with Crippen molar-refractivity contribution in [3.05, 3.63) is 82.5 Å². The molecular formula is C30H32N4O4S. The summed E-state index contributed by atoms with van der Waals surface area (Å²) >= 11 is 1.45. The third-order valence-corrected chi connectivity index (χ3v) is 7.47. The number of hydrogen-bond acceptors (Lipinski definition) is 8. The summed E-state index contributed by atoms with van der Waals surface area (Å²) in [6, 6.07) is 17.4. The van der Waals surface area contributed by atoms with Crippen LogP contribution in [0.4, 0.5) is 10.9 Å². The van der Waals surface area contributed by atoms with Gasteiger partial charge in [-0.1, -0.05) is 41.7 Å². The number of para-hydroxylation sites is 1. The zero-order valence-electron chi connectivity index (χ0n) is 22.4. The van der Waals surface area contributed by atoms with Crippen molar-refractivity contribution in [1.82, 2.24) is 9.97 Å². The fourth-order valence-corrected chi connectivity index (χ4v) is 5.57. The lowest BCUT2D eigenvalue weighted by atomic mass is 9.94. The first-order valence-corrected chi connectivity index (χ1v) is 13.9. The molecule has 0 unspecified atom stereocenters. The van der Waals surface area contributed by atoms with Gasteiger partial charge in [0.15, 0.2) is 10.8 Å². The molecule has 0 bridgehead atoms. The predicted molar refractivity (Wildman–Crippen MR) is 154 cm³/mol. The van der Waals surface area contributed by atoms with E-state index in [1.807, 2.05) is 69.3 Å². The normalized spacial score (nSPS) is 13.3. The number of aromatic nitrogens is 2. The van der Waals surface area contributed by atoms with E-state index in [4.69, 9.17) is 9.72 Å². The van der Waals surface area contributed by atoms with Crippen LogP contribution in [0.5, 0.6) is 0 Å². The summed E-state index contributed by atoms with van der Waals surface area (Å²) < 4.78 is 6.65. The second-order valence-corrected chi connectivity index (χ2v) is 11.6. The topological polar surface area (TPSA) is 105 Å². The van der Waals surface area contributed by atoms with Crippen LogP contribution < -0.4 is 10.2 Å². The fourth-order valence-electron chi connectivity index (χ4n) is 4.71. The van der Waals surface area contributed by atoms with Crippen LogP contribution in [-0.2, 0) is 24.1 Å². The van der Waals surface area contributed by atoms with Crippen LogP contribution >= 0.6 is 11.3 Å². The third-order valence-electron chi connectivity index (χ3n) is 6.52. The molecular weight excluding hydrogens is 512 g/mol. The summed E-state index contributed by atoms with van der Waals surface area (Å²) in [6.45, 7) is 6.68. The first-order valence-electron chi connectivity index (χ1n) is 13.1. The zero-order valence-corrected chi connectivity index (χ0v) is 23.2. The molecule has 0 aliphatic carbocycles. The smallest absolute Gasteiger partial charge is 0.357 e. The van der Waals surface area contributed by atoms with E-state index in [2.05, 4.69) is 21.3 Å². The molecule has 3 heterocycles. The fraction of sp³-hybridized carbons (Fsp3) is 0.333. The highest BCUT2D eigenvalue weighted by Gasteiger charge is 2.26. The number of aliphatic hydroxyl groups is 1. The lowest BCUT2D eigenvalue weighted by Crippen LogP contribution is -2.33. The number of anilines is 2. The van der Waals surface area contributed by atoms with E-state index in [0.29, 0.717) is 42.4 Å². The Hall–Kier alpha value is -3.82. The van der Waals surface area contributed by atoms with Crippen molar-refractivity contribution in [2.24, 2.45) is 0 Å². The molecule has 5 rings (SSSR count). The minimum atomic E-state index is -0.654. The molecule has 202 valence electrons. The number of fused-ring (bicyclic) bond motifs is 2. The van der Waals surface area contributed by atoms with E-state index >= 15 is 0 Å². The number of benzene rings is 2. The number of amides is 1. The van der Waals surface area contributed by atoms with E-state index in [0.717, 1.165) is 33.3 Å². The summed E-state index contributed by atoms with van der Waals surface area (Å²) in [5.74, 6) is -0.0317. The van der Waals surface area contributed by atoms with Gasteiger partial charge in [0.1, 0.15) is 11.4 Å².